The first-order chi connectivity index (χ1) is 9.13. The second-order valence-electron chi connectivity index (χ2n) is 4.04. The van der Waals surface area contributed by atoms with Gasteiger partial charge >= 0.3 is 0 Å². The number of pyridine rings is 1. The number of hydroxylamine groups is 1. The van der Waals surface area contributed by atoms with Crippen LogP contribution in [-0.4, -0.2) is 17.5 Å². The highest BCUT2D eigenvalue weighted by molar-refractivity contribution is 5.93. The topological polar surface area (TPSA) is 71.2 Å². The third kappa shape index (κ3) is 3.97. The molecule has 0 saturated carbocycles. The molecule has 0 atom stereocenters. The predicted octanol–water partition coefficient (Wildman–Crippen LogP) is 1.18. The van der Waals surface area contributed by atoms with Gasteiger partial charge in [0.2, 0.25) is 0 Å². The molecule has 0 aliphatic carbocycles. The second kappa shape index (κ2) is 7.39. The van der Waals surface area contributed by atoms with E-state index in [0.717, 1.165) is 30.5 Å². The quantitative estimate of drug-likeness (QED) is 0.459. The zero-order valence-corrected chi connectivity index (χ0v) is 11.2. The Labute approximate surface area is 112 Å². The van der Waals surface area contributed by atoms with E-state index in [1.807, 2.05) is 13.8 Å². The van der Waals surface area contributed by atoms with Crippen LogP contribution in [0.15, 0.2) is 10.9 Å². The maximum atomic E-state index is 11.8. The number of carbonyl (C=O) groups is 1. The number of aryl methyl sites for hydroxylation is 2. The van der Waals surface area contributed by atoms with Gasteiger partial charge in [-0.05, 0) is 24.5 Å². The summed E-state index contributed by atoms with van der Waals surface area (Å²) in [6, 6.07) is 1.61. The molecule has 19 heavy (non-hydrogen) atoms. The minimum atomic E-state index is -0.589. The van der Waals surface area contributed by atoms with E-state index in [9.17, 15) is 9.59 Å². The predicted molar refractivity (Wildman–Crippen MR) is 72.7 cm³/mol. The summed E-state index contributed by atoms with van der Waals surface area (Å²) in [6.07, 6.45) is 7.45. The van der Waals surface area contributed by atoms with E-state index < -0.39 is 11.5 Å². The van der Waals surface area contributed by atoms with Gasteiger partial charge in [-0.2, -0.15) is 0 Å². The Morgan fingerprint density at radius 1 is 1.53 bits per heavy atom. The molecule has 102 valence electrons. The standard InChI is InChI=1S/C14H18N2O3/c1-4-7-12-10(6-3)9-11(13(17)15-12)14(18)16-19-8-5-2/h2,9H,4,6-8H2,1,3H3,(H,15,17)(H,16,18). The lowest BCUT2D eigenvalue weighted by Crippen LogP contribution is -2.30. The van der Waals surface area contributed by atoms with E-state index >= 15 is 0 Å². The molecule has 0 aliphatic heterocycles. The van der Waals surface area contributed by atoms with Crippen molar-refractivity contribution in [3.8, 4) is 12.3 Å². The highest BCUT2D eigenvalue weighted by Crippen LogP contribution is 2.09. The van der Waals surface area contributed by atoms with Crippen LogP contribution in [0.5, 0.6) is 0 Å². The molecule has 0 radical (unpaired) electrons. The van der Waals surface area contributed by atoms with E-state index in [-0.39, 0.29) is 12.2 Å². The van der Waals surface area contributed by atoms with E-state index in [1.165, 1.54) is 0 Å². The van der Waals surface area contributed by atoms with Crippen molar-refractivity contribution in [3.63, 3.8) is 0 Å². The molecular weight excluding hydrogens is 244 g/mol. The molecule has 1 heterocycles. The van der Waals surface area contributed by atoms with Crippen LogP contribution in [0.4, 0.5) is 0 Å². The van der Waals surface area contributed by atoms with Gasteiger partial charge in [0.05, 0.1) is 0 Å². The Bertz CT molecular complexity index is 541. The molecule has 0 aliphatic rings. The van der Waals surface area contributed by atoms with Crippen LogP contribution >= 0.6 is 0 Å². The largest absolute Gasteiger partial charge is 0.325 e. The third-order valence-corrected chi connectivity index (χ3v) is 2.66. The van der Waals surface area contributed by atoms with Crippen LogP contribution in [0.1, 0.15) is 41.9 Å². The first-order valence-corrected chi connectivity index (χ1v) is 6.24. The average molecular weight is 262 g/mol. The zero-order valence-electron chi connectivity index (χ0n) is 11.2. The summed E-state index contributed by atoms with van der Waals surface area (Å²) in [5.74, 6) is 1.63. The molecule has 0 bridgehead atoms. The van der Waals surface area contributed by atoms with Gasteiger partial charge in [0.15, 0.2) is 0 Å². The van der Waals surface area contributed by atoms with Crippen LogP contribution in [0, 0.1) is 12.3 Å². The molecule has 0 spiro atoms. The Morgan fingerprint density at radius 2 is 2.26 bits per heavy atom. The van der Waals surface area contributed by atoms with Crippen molar-refractivity contribution < 1.29 is 9.63 Å². The number of nitrogens with one attached hydrogen (secondary N) is 2. The molecular formula is C14H18N2O3. The lowest BCUT2D eigenvalue weighted by atomic mass is 10.0. The van der Waals surface area contributed by atoms with Crippen molar-refractivity contribution in [2.45, 2.75) is 33.1 Å². The van der Waals surface area contributed by atoms with Crippen LogP contribution < -0.4 is 11.0 Å². The SMILES string of the molecule is C#CCONC(=O)c1cc(CC)c(CCC)[nH]c1=O. The lowest BCUT2D eigenvalue weighted by molar-refractivity contribution is 0.0436. The number of rotatable bonds is 6. The average Bonchev–Trinajstić information content (AvgIpc) is 2.39. The molecule has 0 saturated heterocycles. The fourth-order valence-corrected chi connectivity index (χ4v) is 1.77. The summed E-state index contributed by atoms with van der Waals surface area (Å²) >= 11 is 0. The highest BCUT2D eigenvalue weighted by Gasteiger charge is 2.13. The summed E-state index contributed by atoms with van der Waals surface area (Å²) in [5, 5.41) is 0. The molecule has 1 aromatic heterocycles. The third-order valence-electron chi connectivity index (χ3n) is 2.66. The minimum Gasteiger partial charge on any atom is -0.325 e. The molecule has 1 amide bonds. The van der Waals surface area contributed by atoms with Crippen molar-refractivity contribution in [2.24, 2.45) is 0 Å². The fraction of sp³-hybridized carbons (Fsp3) is 0.429. The van der Waals surface area contributed by atoms with Gasteiger partial charge in [0.1, 0.15) is 12.2 Å². The molecule has 2 N–H and O–H groups in total. The van der Waals surface area contributed by atoms with Crippen LogP contribution in [0.25, 0.3) is 0 Å². The Kier molecular flexibility index (Phi) is 5.83. The number of hydrogen-bond acceptors (Lipinski definition) is 3. The number of aromatic amines is 1. The van der Waals surface area contributed by atoms with Crippen molar-refractivity contribution in [3.05, 3.63) is 33.2 Å². The van der Waals surface area contributed by atoms with Crippen LogP contribution in [-0.2, 0) is 17.7 Å². The Hall–Kier alpha value is -2.06. The number of H-pyrrole nitrogens is 1. The Balaban J connectivity index is 2.99. The highest BCUT2D eigenvalue weighted by atomic mass is 16.6. The maximum absolute atomic E-state index is 11.8. The van der Waals surface area contributed by atoms with E-state index in [2.05, 4.69) is 16.4 Å². The minimum absolute atomic E-state index is 0.0359. The van der Waals surface area contributed by atoms with Gasteiger partial charge in [-0.25, -0.2) is 5.48 Å². The maximum Gasteiger partial charge on any atom is 0.280 e. The monoisotopic (exact) mass is 262 g/mol. The van der Waals surface area contributed by atoms with Gasteiger partial charge in [0.25, 0.3) is 11.5 Å². The second-order valence-corrected chi connectivity index (χ2v) is 4.04. The van der Waals surface area contributed by atoms with Gasteiger partial charge in [-0.1, -0.05) is 26.2 Å². The molecule has 0 aromatic carbocycles. The van der Waals surface area contributed by atoms with E-state index in [1.54, 1.807) is 6.07 Å². The smallest absolute Gasteiger partial charge is 0.280 e. The summed E-state index contributed by atoms with van der Waals surface area (Å²) in [4.78, 5) is 31.1. The normalized spacial score (nSPS) is 9.95. The van der Waals surface area contributed by atoms with E-state index in [0.29, 0.717) is 0 Å². The number of aromatic nitrogens is 1. The van der Waals surface area contributed by atoms with Gasteiger partial charge in [-0.3, -0.25) is 14.4 Å². The van der Waals surface area contributed by atoms with Crippen molar-refractivity contribution in [2.75, 3.05) is 6.61 Å². The molecule has 5 nitrogen and oxygen atoms in total. The van der Waals surface area contributed by atoms with Crippen molar-refractivity contribution >= 4 is 5.91 Å². The van der Waals surface area contributed by atoms with E-state index in [4.69, 9.17) is 11.3 Å². The lowest BCUT2D eigenvalue weighted by Gasteiger charge is -2.09. The number of amides is 1. The fourth-order valence-electron chi connectivity index (χ4n) is 1.77. The molecule has 0 unspecified atom stereocenters. The van der Waals surface area contributed by atoms with Gasteiger partial charge in [0, 0.05) is 5.69 Å². The first-order valence-electron chi connectivity index (χ1n) is 6.24. The van der Waals surface area contributed by atoms with Crippen molar-refractivity contribution in [1.29, 1.82) is 0 Å². The molecule has 1 rings (SSSR count). The Morgan fingerprint density at radius 3 is 2.84 bits per heavy atom. The summed E-state index contributed by atoms with van der Waals surface area (Å²) in [7, 11) is 0. The van der Waals surface area contributed by atoms with Gasteiger partial charge < -0.3 is 4.98 Å². The summed E-state index contributed by atoms with van der Waals surface area (Å²) in [5.41, 5.74) is 3.61. The van der Waals surface area contributed by atoms with Crippen molar-refractivity contribution in [1.82, 2.24) is 10.5 Å². The zero-order chi connectivity index (χ0) is 14.3. The molecule has 1 aromatic rings. The molecule has 5 heteroatoms. The summed E-state index contributed by atoms with van der Waals surface area (Å²) < 4.78 is 0. The number of terminal acetylenes is 1. The van der Waals surface area contributed by atoms with Crippen LogP contribution in [0.2, 0.25) is 0 Å². The first kappa shape index (κ1) is 15.0. The van der Waals surface area contributed by atoms with Gasteiger partial charge in [-0.15, -0.1) is 6.42 Å². The number of hydrogen-bond donors (Lipinski definition) is 2. The molecule has 0 fully saturated rings. The summed E-state index contributed by atoms with van der Waals surface area (Å²) in [6.45, 7) is 3.97. The van der Waals surface area contributed by atoms with Crippen LogP contribution in [0.3, 0.4) is 0 Å². The number of carbonyl (C=O) groups excluding carboxylic acids is 1.